The number of unbranched alkanes of at least 4 members (excludes halogenated alkanes) is 2. The van der Waals surface area contributed by atoms with Crippen LogP contribution in [0, 0.1) is 0 Å². The zero-order valence-corrected chi connectivity index (χ0v) is 24.1. The summed E-state index contributed by atoms with van der Waals surface area (Å²) >= 11 is 0. The first-order valence-electron chi connectivity index (χ1n) is 12.8. The molecule has 222 valence electrons. The summed E-state index contributed by atoms with van der Waals surface area (Å²) in [5.74, 6) is -0.773. The monoisotopic (exact) mass is 569 g/mol. The zero-order chi connectivity index (χ0) is 28.8. The van der Waals surface area contributed by atoms with Crippen LogP contribution in [0.25, 0.3) is 0 Å². The van der Waals surface area contributed by atoms with Gasteiger partial charge in [-0.1, -0.05) is 13.8 Å². The molecule has 0 atom stereocenters. The maximum atomic E-state index is 13.2. The van der Waals surface area contributed by atoms with Crippen molar-refractivity contribution in [1.82, 2.24) is 4.90 Å². The molecule has 0 fully saturated rings. The fourth-order valence-electron chi connectivity index (χ4n) is 2.40. The van der Waals surface area contributed by atoms with Crippen LogP contribution in [0.3, 0.4) is 0 Å². The molecular formula is C23H44N3O11P. The molecule has 38 heavy (non-hydrogen) atoms. The minimum atomic E-state index is -4.06. The summed E-state index contributed by atoms with van der Waals surface area (Å²) in [4.78, 5) is 35.8. The van der Waals surface area contributed by atoms with Gasteiger partial charge in [0.1, 0.15) is 6.54 Å². The molecule has 0 bridgehead atoms. The number of carbonyl (C=O) groups excluding carboxylic acids is 3. The number of hydrogen-bond acceptors (Lipinski definition) is 11. The van der Waals surface area contributed by atoms with Crippen molar-refractivity contribution in [3.05, 3.63) is 0 Å². The molecule has 0 spiro atoms. The molecule has 0 saturated carbocycles. The third-order valence-corrected chi connectivity index (χ3v) is 5.69. The molecular weight excluding hydrogens is 525 g/mol. The highest BCUT2D eigenvalue weighted by molar-refractivity contribution is 7.52. The molecule has 0 aromatic carbocycles. The molecule has 0 heterocycles. The Bertz CT molecular complexity index is 729. The minimum absolute atomic E-state index is 0.0209. The Labute approximate surface area is 225 Å². The van der Waals surface area contributed by atoms with Crippen LogP contribution in [0.2, 0.25) is 0 Å². The van der Waals surface area contributed by atoms with Crippen molar-refractivity contribution in [1.29, 1.82) is 0 Å². The normalized spacial score (nSPS) is 11.7. The van der Waals surface area contributed by atoms with Crippen LogP contribution in [0.5, 0.6) is 0 Å². The van der Waals surface area contributed by atoms with Crippen LogP contribution >= 0.6 is 7.75 Å². The third kappa shape index (κ3) is 19.5. The van der Waals surface area contributed by atoms with E-state index in [0.717, 1.165) is 0 Å². The lowest BCUT2D eigenvalue weighted by atomic mass is 10.3. The number of ether oxygens (including phenoxy) is 5. The van der Waals surface area contributed by atoms with Crippen molar-refractivity contribution in [2.45, 2.75) is 72.3 Å². The topological polar surface area (TPSA) is 175 Å². The highest BCUT2D eigenvalue weighted by Gasteiger charge is 2.26. The molecule has 0 rings (SSSR count). The highest BCUT2D eigenvalue weighted by atomic mass is 31.2. The Hall–Kier alpha value is -2.57. The largest absolute Gasteiger partial charge is 0.508 e. The molecule has 2 N–H and O–H groups in total. The van der Waals surface area contributed by atoms with Gasteiger partial charge in [-0.3, -0.25) is 13.8 Å². The van der Waals surface area contributed by atoms with E-state index < -0.39 is 26.0 Å². The molecule has 0 unspecified atom stereocenters. The number of hydrogen-bond donors (Lipinski definition) is 1. The van der Waals surface area contributed by atoms with Crippen LogP contribution in [-0.4, -0.2) is 88.5 Å². The average Bonchev–Trinajstić information content (AvgIpc) is 2.84. The van der Waals surface area contributed by atoms with Crippen molar-refractivity contribution in [2.24, 2.45) is 10.5 Å². The molecule has 0 aliphatic rings. The number of rotatable bonds is 20. The molecule has 15 heteroatoms. The Morgan fingerprint density at radius 1 is 0.789 bits per heavy atom. The van der Waals surface area contributed by atoms with Gasteiger partial charge < -0.3 is 34.3 Å². The van der Waals surface area contributed by atoms with E-state index in [4.69, 9.17) is 38.5 Å². The van der Waals surface area contributed by atoms with Gasteiger partial charge in [0.05, 0.1) is 45.7 Å². The summed E-state index contributed by atoms with van der Waals surface area (Å²) in [6.45, 7) is 7.66. The minimum Gasteiger partial charge on any atom is -0.462 e. The summed E-state index contributed by atoms with van der Waals surface area (Å²) in [7, 11) is -2.58. The van der Waals surface area contributed by atoms with Gasteiger partial charge in [-0.05, 0) is 52.4 Å². The van der Waals surface area contributed by atoms with Crippen LogP contribution in [-0.2, 0) is 42.1 Å². The van der Waals surface area contributed by atoms with Crippen molar-refractivity contribution >= 4 is 32.0 Å². The second-order valence-corrected chi connectivity index (χ2v) is 9.95. The maximum Gasteiger partial charge on any atom is 0.508 e. The summed E-state index contributed by atoms with van der Waals surface area (Å²) in [6.07, 6.45) is 1.19. The van der Waals surface area contributed by atoms with Crippen LogP contribution in [0.15, 0.2) is 4.76 Å². The Morgan fingerprint density at radius 3 is 1.63 bits per heavy atom. The van der Waals surface area contributed by atoms with E-state index in [2.05, 4.69) is 4.76 Å². The van der Waals surface area contributed by atoms with E-state index in [1.54, 1.807) is 13.8 Å². The SMILES string of the molecule is CCCOC(=O)OCCCCOP(=O)(N=C(N)N(C)CC(=O)OC(C)C)OCCCCOC(=O)OCCC. The lowest BCUT2D eigenvalue weighted by molar-refractivity contribution is -0.147. The van der Waals surface area contributed by atoms with Crippen LogP contribution in [0.1, 0.15) is 66.2 Å². The predicted molar refractivity (Wildman–Crippen MR) is 139 cm³/mol. The van der Waals surface area contributed by atoms with Crippen LogP contribution in [0.4, 0.5) is 9.59 Å². The molecule has 0 radical (unpaired) electrons. The van der Waals surface area contributed by atoms with Crippen molar-refractivity contribution < 1.29 is 51.7 Å². The first-order chi connectivity index (χ1) is 18.0. The summed E-state index contributed by atoms with van der Waals surface area (Å²) in [5.41, 5.74) is 5.93. The van der Waals surface area contributed by atoms with E-state index in [-0.39, 0.29) is 58.2 Å². The second kappa shape index (κ2) is 21.4. The molecule has 0 aliphatic heterocycles. The summed E-state index contributed by atoms with van der Waals surface area (Å²) in [5, 5.41) is 0. The lowest BCUT2D eigenvalue weighted by Crippen LogP contribution is -2.38. The van der Waals surface area contributed by atoms with Crippen molar-refractivity contribution in [2.75, 3.05) is 53.2 Å². The van der Waals surface area contributed by atoms with Gasteiger partial charge in [0.2, 0.25) is 5.96 Å². The van der Waals surface area contributed by atoms with E-state index in [1.165, 1.54) is 11.9 Å². The van der Waals surface area contributed by atoms with Gasteiger partial charge in [-0.25, -0.2) is 14.2 Å². The predicted octanol–water partition coefficient (Wildman–Crippen LogP) is 4.01. The van der Waals surface area contributed by atoms with Crippen molar-refractivity contribution in [3.63, 3.8) is 0 Å². The van der Waals surface area contributed by atoms with Gasteiger partial charge >= 0.3 is 26.0 Å². The number of esters is 1. The molecule has 0 aromatic heterocycles. The number of carbonyl (C=O) groups is 3. The van der Waals surface area contributed by atoms with Crippen molar-refractivity contribution in [3.8, 4) is 0 Å². The molecule has 0 aliphatic carbocycles. The quantitative estimate of drug-likeness (QED) is 0.0556. The van der Waals surface area contributed by atoms with Gasteiger partial charge in [0.15, 0.2) is 0 Å². The summed E-state index contributed by atoms with van der Waals surface area (Å²) < 4.78 is 52.5. The molecule has 0 aromatic rings. The van der Waals surface area contributed by atoms with E-state index >= 15 is 0 Å². The number of likely N-dealkylation sites (N-methyl/N-ethyl adjacent to an activating group) is 1. The number of nitrogens with two attached hydrogens (primary N) is 1. The first kappa shape index (κ1) is 35.4. The standard InChI is InChI=1S/C23H44N3O11P/c1-6-12-31-22(28)33-14-8-10-16-35-38(30,25-21(24)26(5)18-20(27)37-19(3)4)36-17-11-9-15-34-23(29)32-13-7-2/h19H,6-18H2,1-5H3,(H2,24,25,30). The Morgan fingerprint density at radius 2 is 1.21 bits per heavy atom. The van der Waals surface area contributed by atoms with Gasteiger partial charge in [0, 0.05) is 7.05 Å². The Kier molecular flexibility index (Phi) is 19.9. The zero-order valence-electron chi connectivity index (χ0n) is 23.2. The number of guanidine groups is 1. The Balaban J connectivity index is 4.82. The van der Waals surface area contributed by atoms with E-state index in [0.29, 0.717) is 38.5 Å². The number of nitrogens with zero attached hydrogens (tertiary/aromatic N) is 2. The highest BCUT2D eigenvalue weighted by Crippen LogP contribution is 2.50. The second-order valence-electron chi connectivity index (χ2n) is 8.30. The van der Waals surface area contributed by atoms with Gasteiger partial charge in [0.25, 0.3) is 0 Å². The van der Waals surface area contributed by atoms with E-state index in [9.17, 15) is 18.9 Å². The molecule has 0 saturated heterocycles. The smallest absolute Gasteiger partial charge is 0.462 e. The molecule has 0 amide bonds. The average molecular weight is 570 g/mol. The summed E-state index contributed by atoms with van der Waals surface area (Å²) in [6, 6.07) is 0. The van der Waals surface area contributed by atoms with Gasteiger partial charge in [-0.2, -0.15) is 0 Å². The fourth-order valence-corrected chi connectivity index (χ4v) is 3.72. The lowest BCUT2D eigenvalue weighted by Gasteiger charge is -2.20. The van der Waals surface area contributed by atoms with E-state index in [1.807, 2.05) is 13.8 Å². The molecule has 14 nitrogen and oxygen atoms in total. The van der Waals surface area contributed by atoms with Gasteiger partial charge in [-0.15, -0.1) is 4.76 Å². The fraction of sp³-hybridized carbons (Fsp3) is 0.826. The van der Waals surface area contributed by atoms with Crippen LogP contribution < -0.4 is 5.73 Å². The maximum absolute atomic E-state index is 13.2. The third-order valence-electron chi connectivity index (χ3n) is 4.22. The first-order valence-corrected chi connectivity index (χ1v) is 14.3.